The van der Waals surface area contributed by atoms with Gasteiger partial charge >= 0.3 is 0 Å². The molecule has 0 aliphatic rings. The molecule has 0 saturated carbocycles. The van der Waals surface area contributed by atoms with Gasteiger partial charge in [0.25, 0.3) is 0 Å². The molecule has 0 spiro atoms. The highest BCUT2D eigenvalue weighted by molar-refractivity contribution is 7.99. The molecule has 18 heavy (non-hydrogen) atoms. The number of hydrogen-bond acceptors (Lipinski definition) is 2. The molecule has 0 aliphatic carbocycles. The van der Waals surface area contributed by atoms with E-state index >= 15 is 0 Å². The number of nitrogens with one attached hydrogen (secondary N) is 1. The summed E-state index contributed by atoms with van der Waals surface area (Å²) in [6.07, 6.45) is 1.03. The molecule has 1 rings (SSSR count). The van der Waals surface area contributed by atoms with Crippen molar-refractivity contribution < 1.29 is 8.78 Å². The van der Waals surface area contributed by atoms with E-state index in [1.54, 1.807) is 0 Å². The Morgan fingerprint density at radius 2 is 2.00 bits per heavy atom. The predicted molar refractivity (Wildman–Crippen MR) is 75.0 cm³/mol. The van der Waals surface area contributed by atoms with Crippen molar-refractivity contribution in [2.75, 3.05) is 11.5 Å². The molecule has 0 saturated heterocycles. The second-order valence-electron chi connectivity index (χ2n) is 4.44. The topological polar surface area (TPSA) is 12.0 Å². The van der Waals surface area contributed by atoms with Crippen LogP contribution in [0.4, 0.5) is 8.78 Å². The highest BCUT2D eigenvalue weighted by atomic mass is 32.2. The second kappa shape index (κ2) is 7.74. The molecule has 0 bridgehead atoms. The molecular formula is C14H21F2NS. The summed E-state index contributed by atoms with van der Waals surface area (Å²) in [5.74, 6) is 1.45. The van der Waals surface area contributed by atoms with Crippen LogP contribution in [0, 0.1) is 11.6 Å². The zero-order valence-electron chi connectivity index (χ0n) is 11.2. The fourth-order valence-electron chi connectivity index (χ4n) is 1.85. The van der Waals surface area contributed by atoms with Gasteiger partial charge in [-0.25, -0.2) is 8.78 Å². The van der Waals surface area contributed by atoms with Crippen LogP contribution < -0.4 is 5.32 Å². The van der Waals surface area contributed by atoms with Crippen molar-refractivity contribution in [2.24, 2.45) is 0 Å². The normalized spacial score (nSPS) is 14.5. The molecule has 0 radical (unpaired) electrons. The summed E-state index contributed by atoms with van der Waals surface area (Å²) in [5.41, 5.74) is 0.394. The lowest BCUT2D eigenvalue weighted by Gasteiger charge is -2.20. The first-order chi connectivity index (χ1) is 8.54. The second-order valence-corrected chi connectivity index (χ2v) is 5.83. The molecule has 0 fully saturated rings. The highest BCUT2D eigenvalue weighted by Crippen LogP contribution is 2.19. The monoisotopic (exact) mass is 273 g/mol. The number of rotatable bonds is 7. The van der Waals surface area contributed by atoms with Gasteiger partial charge in [0.15, 0.2) is 0 Å². The van der Waals surface area contributed by atoms with Gasteiger partial charge in [0.2, 0.25) is 0 Å². The van der Waals surface area contributed by atoms with Crippen LogP contribution >= 0.6 is 11.8 Å². The van der Waals surface area contributed by atoms with Crippen LogP contribution in [0.1, 0.15) is 38.8 Å². The minimum atomic E-state index is -0.394. The molecule has 1 nitrogen and oxygen atoms in total. The zero-order valence-corrected chi connectivity index (χ0v) is 12.0. The first-order valence-corrected chi connectivity index (χ1v) is 7.48. The number of thioether (sulfide) groups is 1. The molecule has 1 aromatic carbocycles. The molecule has 1 aromatic rings. The van der Waals surface area contributed by atoms with Gasteiger partial charge in [-0.15, -0.1) is 0 Å². The molecule has 2 atom stereocenters. The Balaban J connectivity index is 2.53. The Hall–Kier alpha value is -0.610. The summed E-state index contributed by atoms with van der Waals surface area (Å²) in [5, 5.41) is 3.30. The van der Waals surface area contributed by atoms with Crippen LogP contribution in [0.25, 0.3) is 0 Å². The van der Waals surface area contributed by atoms with Crippen molar-refractivity contribution in [3.8, 4) is 0 Å². The molecule has 0 amide bonds. The average molecular weight is 273 g/mol. The lowest BCUT2D eigenvalue weighted by molar-refractivity contribution is 0.453. The smallest absolute Gasteiger partial charge is 0.128 e. The quantitative estimate of drug-likeness (QED) is 0.749. The van der Waals surface area contributed by atoms with Crippen LogP contribution in [0.2, 0.25) is 0 Å². The van der Waals surface area contributed by atoms with Gasteiger partial charge in [-0.2, -0.15) is 11.8 Å². The van der Waals surface area contributed by atoms with E-state index in [9.17, 15) is 8.78 Å². The van der Waals surface area contributed by atoms with Crippen LogP contribution in [0.3, 0.4) is 0 Å². The number of benzene rings is 1. The molecule has 0 aliphatic heterocycles. The summed E-state index contributed by atoms with van der Waals surface area (Å²) in [4.78, 5) is 0. The maximum atomic E-state index is 13.6. The zero-order chi connectivity index (χ0) is 13.5. The van der Waals surface area contributed by atoms with E-state index < -0.39 is 5.82 Å². The maximum absolute atomic E-state index is 13.6. The SMILES string of the molecule is CCSCCC(C)NC(C)c1cc(F)ccc1F. The standard InChI is InChI=1S/C14H21F2NS/c1-4-18-8-7-10(2)17-11(3)13-9-12(15)5-6-14(13)16/h5-6,9-11,17H,4,7-8H2,1-3H3. The minimum absolute atomic E-state index is 0.178. The fourth-order valence-corrected chi connectivity index (χ4v) is 2.66. The molecule has 102 valence electrons. The van der Waals surface area contributed by atoms with Gasteiger partial charge in [0, 0.05) is 17.6 Å². The third-order valence-electron chi connectivity index (χ3n) is 2.86. The molecular weight excluding hydrogens is 252 g/mol. The summed E-state index contributed by atoms with van der Waals surface area (Å²) >= 11 is 1.89. The minimum Gasteiger partial charge on any atom is -0.308 e. The first-order valence-electron chi connectivity index (χ1n) is 6.33. The molecule has 0 aromatic heterocycles. The van der Waals surface area contributed by atoms with E-state index in [-0.39, 0.29) is 11.9 Å². The Morgan fingerprint density at radius 1 is 1.28 bits per heavy atom. The molecule has 2 unspecified atom stereocenters. The number of hydrogen-bond donors (Lipinski definition) is 1. The van der Waals surface area contributed by atoms with Crippen molar-refractivity contribution in [3.63, 3.8) is 0 Å². The van der Waals surface area contributed by atoms with E-state index in [0.29, 0.717) is 11.6 Å². The Bertz CT molecular complexity index is 371. The van der Waals surface area contributed by atoms with E-state index in [2.05, 4.69) is 19.2 Å². The Labute approximate surface area is 112 Å². The van der Waals surface area contributed by atoms with Crippen LogP contribution in [-0.2, 0) is 0 Å². The fraction of sp³-hybridized carbons (Fsp3) is 0.571. The summed E-state index contributed by atoms with van der Waals surface area (Å²) < 4.78 is 26.7. The van der Waals surface area contributed by atoms with Crippen LogP contribution in [0.15, 0.2) is 18.2 Å². The van der Waals surface area contributed by atoms with Gasteiger partial charge in [0.05, 0.1) is 0 Å². The van der Waals surface area contributed by atoms with Crippen molar-refractivity contribution in [3.05, 3.63) is 35.4 Å². The average Bonchev–Trinajstić information content (AvgIpc) is 2.32. The molecule has 4 heteroatoms. The van der Waals surface area contributed by atoms with Crippen molar-refractivity contribution >= 4 is 11.8 Å². The van der Waals surface area contributed by atoms with Gasteiger partial charge in [-0.1, -0.05) is 6.92 Å². The molecule has 1 N–H and O–H groups in total. The largest absolute Gasteiger partial charge is 0.308 e. The summed E-state index contributed by atoms with van der Waals surface area (Å²) in [7, 11) is 0. The van der Waals surface area contributed by atoms with Crippen molar-refractivity contribution in [1.29, 1.82) is 0 Å². The van der Waals surface area contributed by atoms with Gasteiger partial charge in [-0.3, -0.25) is 0 Å². The van der Waals surface area contributed by atoms with E-state index in [1.165, 1.54) is 12.1 Å². The molecule has 0 heterocycles. The van der Waals surface area contributed by atoms with Crippen LogP contribution in [-0.4, -0.2) is 17.5 Å². The van der Waals surface area contributed by atoms with Crippen molar-refractivity contribution in [2.45, 2.75) is 39.3 Å². The predicted octanol–water partition coefficient (Wildman–Crippen LogP) is 4.15. The van der Waals surface area contributed by atoms with E-state index in [4.69, 9.17) is 0 Å². The Morgan fingerprint density at radius 3 is 2.67 bits per heavy atom. The first kappa shape index (κ1) is 15.4. The third-order valence-corrected chi connectivity index (χ3v) is 3.79. The Kier molecular flexibility index (Phi) is 6.65. The van der Waals surface area contributed by atoms with Crippen LogP contribution in [0.5, 0.6) is 0 Å². The summed E-state index contributed by atoms with van der Waals surface area (Å²) in [6, 6.07) is 3.71. The van der Waals surface area contributed by atoms with E-state index in [0.717, 1.165) is 24.0 Å². The van der Waals surface area contributed by atoms with Crippen molar-refractivity contribution in [1.82, 2.24) is 5.32 Å². The van der Waals surface area contributed by atoms with Gasteiger partial charge in [-0.05, 0) is 50.0 Å². The summed E-state index contributed by atoms with van der Waals surface area (Å²) in [6.45, 7) is 6.07. The number of halogens is 2. The highest BCUT2D eigenvalue weighted by Gasteiger charge is 2.14. The third kappa shape index (κ3) is 4.94. The van der Waals surface area contributed by atoms with E-state index in [1.807, 2.05) is 18.7 Å². The lowest BCUT2D eigenvalue weighted by Crippen LogP contribution is -2.30. The maximum Gasteiger partial charge on any atom is 0.128 e. The van der Waals surface area contributed by atoms with Gasteiger partial charge < -0.3 is 5.32 Å². The van der Waals surface area contributed by atoms with Gasteiger partial charge in [0.1, 0.15) is 11.6 Å². The lowest BCUT2D eigenvalue weighted by atomic mass is 10.1.